The van der Waals surface area contributed by atoms with Gasteiger partial charge in [-0.25, -0.2) is 0 Å². The van der Waals surface area contributed by atoms with Gasteiger partial charge in [0.2, 0.25) is 11.8 Å². The van der Waals surface area contributed by atoms with E-state index in [9.17, 15) is 4.79 Å². The van der Waals surface area contributed by atoms with E-state index in [2.05, 4.69) is 15.5 Å². The standard InChI is InChI=1S/C16H25N3O3/c20-14(17-10-9-13-6-3-11-21-13)7-8-15-18-16(19-22-15)12-4-1-2-5-12/h12-13H,1-11H2,(H,17,20)/t13-/m0/s1. The van der Waals surface area contributed by atoms with Gasteiger partial charge < -0.3 is 14.6 Å². The van der Waals surface area contributed by atoms with E-state index in [1.54, 1.807) is 0 Å². The fraction of sp³-hybridized carbons (Fsp3) is 0.812. The van der Waals surface area contributed by atoms with E-state index in [0.717, 1.165) is 44.5 Å². The van der Waals surface area contributed by atoms with Gasteiger partial charge in [0, 0.05) is 31.9 Å². The zero-order valence-electron chi connectivity index (χ0n) is 13.1. The lowest BCUT2D eigenvalue weighted by Gasteiger charge is -2.09. The molecule has 1 amide bonds. The molecule has 1 atom stereocenters. The fourth-order valence-electron chi connectivity index (χ4n) is 3.27. The Balaban J connectivity index is 1.33. The van der Waals surface area contributed by atoms with Crippen molar-refractivity contribution in [3.05, 3.63) is 11.7 Å². The van der Waals surface area contributed by atoms with Crippen LogP contribution in [0.15, 0.2) is 4.52 Å². The number of aromatic nitrogens is 2. The molecule has 2 fully saturated rings. The van der Waals surface area contributed by atoms with Crippen LogP contribution in [0.4, 0.5) is 0 Å². The Kier molecular flexibility index (Phi) is 5.43. The van der Waals surface area contributed by atoms with Crippen molar-refractivity contribution in [2.75, 3.05) is 13.2 Å². The number of rotatable bonds is 7. The molecular formula is C16H25N3O3. The number of aryl methyl sites for hydroxylation is 1. The molecule has 1 aliphatic heterocycles. The van der Waals surface area contributed by atoms with Gasteiger partial charge >= 0.3 is 0 Å². The van der Waals surface area contributed by atoms with E-state index in [0.29, 0.717) is 37.3 Å². The summed E-state index contributed by atoms with van der Waals surface area (Å²) in [7, 11) is 0. The third-order valence-corrected chi connectivity index (χ3v) is 4.58. The van der Waals surface area contributed by atoms with Gasteiger partial charge in [-0.2, -0.15) is 4.98 Å². The molecule has 0 radical (unpaired) electrons. The number of nitrogens with zero attached hydrogens (tertiary/aromatic N) is 2. The van der Waals surface area contributed by atoms with Crippen LogP contribution in [0.1, 0.15) is 69.0 Å². The topological polar surface area (TPSA) is 77.2 Å². The summed E-state index contributed by atoms with van der Waals surface area (Å²) in [6, 6.07) is 0. The Bertz CT molecular complexity index is 477. The van der Waals surface area contributed by atoms with Crippen LogP contribution in [-0.4, -0.2) is 35.3 Å². The Morgan fingerprint density at radius 2 is 2.09 bits per heavy atom. The van der Waals surface area contributed by atoms with E-state index in [-0.39, 0.29) is 5.91 Å². The first-order valence-electron chi connectivity index (χ1n) is 8.52. The molecule has 0 spiro atoms. The van der Waals surface area contributed by atoms with Crippen molar-refractivity contribution in [2.45, 2.75) is 69.8 Å². The number of amides is 1. The number of carbonyl (C=O) groups is 1. The molecule has 1 N–H and O–H groups in total. The van der Waals surface area contributed by atoms with Crippen LogP contribution in [0.2, 0.25) is 0 Å². The maximum Gasteiger partial charge on any atom is 0.227 e. The van der Waals surface area contributed by atoms with Crippen LogP contribution in [0.5, 0.6) is 0 Å². The molecule has 1 saturated carbocycles. The van der Waals surface area contributed by atoms with Gasteiger partial charge in [-0.05, 0) is 32.1 Å². The quantitative estimate of drug-likeness (QED) is 0.836. The summed E-state index contributed by atoms with van der Waals surface area (Å²) in [6.07, 6.45) is 9.21. The van der Waals surface area contributed by atoms with Crippen LogP contribution in [0.3, 0.4) is 0 Å². The first-order chi connectivity index (χ1) is 10.8. The largest absolute Gasteiger partial charge is 0.378 e. The summed E-state index contributed by atoms with van der Waals surface area (Å²) >= 11 is 0. The zero-order valence-corrected chi connectivity index (χ0v) is 13.1. The Hall–Kier alpha value is -1.43. The summed E-state index contributed by atoms with van der Waals surface area (Å²) in [6.45, 7) is 1.54. The molecule has 6 nitrogen and oxygen atoms in total. The molecule has 2 aliphatic rings. The molecule has 22 heavy (non-hydrogen) atoms. The van der Waals surface area contributed by atoms with Crippen LogP contribution in [0, 0.1) is 0 Å². The third kappa shape index (κ3) is 4.29. The monoisotopic (exact) mass is 307 g/mol. The summed E-state index contributed by atoms with van der Waals surface area (Å²) in [5, 5.41) is 6.99. The van der Waals surface area contributed by atoms with Gasteiger partial charge in [-0.15, -0.1) is 0 Å². The molecule has 3 rings (SSSR count). The summed E-state index contributed by atoms with van der Waals surface area (Å²) in [5.74, 6) is 1.90. The second-order valence-corrected chi connectivity index (χ2v) is 6.30. The number of nitrogens with one attached hydrogen (secondary N) is 1. The number of ether oxygens (including phenoxy) is 1. The van der Waals surface area contributed by atoms with Crippen molar-refractivity contribution in [2.24, 2.45) is 0 Å². The van der Waals surface area contributed by atoms with Gasteiger partial charge in [0.1, 0.15) is 0 Å². The minimum atomic E-state index is 0.0404. The molecule has 0 unspecified atom stereocenters. The maximum atomic E-state index is 11.8. The highest BCUT2D eigenvalue weighted by molar-refractivity contribution is 5.75. The highest BCUT2D eigenvalue weighted by Crippen LogP contribution is 2.32. The predicted octanol–water partition coefficient (Wildman–Crippen LogP) is 2.35. The minimum Gasteiger partial charge on any atom is -0.378 e. The second-order valence-electron chi connectivity index (χ2n) is 6.30. The molecule has 1 aromatic rings. The molecule has 122 valence electrons. The Morgan fingerprint density at radius 3 is 2.86 bits per heavy atom. The van der Waals surface area contributed by atoms with Crippen molar-refractivity contribution in [3.8, 4) is 0 Å². The van der Waals surface area contributed by atoms with Crippen molar-refractivity contribution < 1.29 is 14.1 Å². The molecule has 1 aliphatic carbocycles. The smallest absolute Gasteiger partial charge is 0.227 e. The Morgan fingerprint density at radius 1 is 1.23 bits per heavy atom. The van der Waals surface area contributed by atoms with Gasteiger partial charge in [0.05, 0.1) is 6.10 Å². The minimum absolute atomic E-state index is 0.0404. The summed E-state index contributed by atoms with van der Waals surface area (Å²) in [4.78, 5) is 16.2. The van der Waals surface area contributed by atoms with Gasteiger partial charge in [0.25, 0.3) is 0 Å². The lowest BCUT2D eigenvalue weighted by atomic mass is 10.1. The molecule has 1 aromatic heterocycles. The number of hydrogen-bond acceptors (Lipinski definition) is 5. The van der Waals surface area contributed by atoms with Crippen molar-refractivity contribution >= 4 is 5.91 Å². The third-order valence-electron chi connectivity index (χ3n) is 4.58. The van der Waals surface area contributed by atoms with E-state index in [1.807, 2.05) is 0 Å². The first-order valence-corrected chi connectivity index (χ1v) is 8.52. The molecular weight excluding hydrogens is 282 g/mol. The van der Waals surface area contributed by atoms with E-state index >= 15 is 0 Å². The van der Waals surface area contributed by atoms with E-state index in [4.69, 9.17) is 9.26 Å². The lowest BCUT2D eigenvalue weighted by molar-refractivity contribution is -0.121. The summed E-state index contributed by atoms with van der Waals surface area (Å²) < 4.78 is 10.8. The van der Waals surface area contributed by atoms with Crippen LogP contribution >= 0.6 is 0 Å². The van der Waals surface area contributed by atoms with Crippen LogP contribution < -0.4 is 5.32 Å². The highest BCUT2D eigenvalue weighted by Gasteiger charge is 2.22. The Labute approximate surface area is 131 Å². The molecule has 2 heterocycles. The first kappa shape index (κ1) is 15.5. The average Bonchev–Trinajstić information content (AvgIpc) is 3.26. The van der Waals surface area contributed by atoms with Gasteiger partial charge in [-0.3, -0.25) is 4.79 Å². The normalized spacial score (nSPS) is 22.3. The van der Waals surface area contributed by atoms with Crippen molar-refractivity contribution in [1.29, 1.82) is 0 Å². The summed E-state index contributed by atoms with van der Waals surface area (Å²) in [5.41, 5.74) is 0. The lowest BCUT2D eigenvalue weighted by Crippen LogP contribution is -2.27. The van der Waals surface area contributed by atoms with E-state index in [1.165, 1.54) is 12.8 Å². The van der Waals surface area contributed by atoms with Crippen LogP contribution in [0.25, 0.3) is 0 Å². The second kappa shape index (κ2) is 7.72. The van der Waals surface area contributed by atoms with Crippen molar-refractivity contribution in [3.63, 3.8) is 0 Å². The maximum absolute atomic E-state index is 11.8. The average molecular weight is 307 g/mol. The van der Waals surface area contributed by atoms with Crippen LogP contribution in [-0.2, 0) is 16.0 Å². The SMILES string of the molecule is O=C(CCc1nc(C2CCCC2)no1)NCC[C@@H]1CCCO1. The molecule has 0 bridgehead atoms. The highest BCUT2D eigenvalue weighted by atomic mass is 16.5. The number of hydrogen-bond donors (Lipinski definition) is 1. The zero-order chi connectivity index (χ0) is 15.2. The van der Waals surface area contributed by atoms with Gasteiger partial charge in [0.15, 0.2) is 5.82 Å². The molecule has 0 aromatic carbocycles. The molecule has 6 heteroatoms. The van der Waals surface area contributed by atoms with Gasteiger partial charge in [-0.1, -0.05) is 18.0 Å². The molecule has 1 saturated heterocycles. The fourth-order valence-corrected chi connectivity index (χ4v) is 3.27. The van der Waals surface area contributed by atoms with Crippen molar-refractivity contribution in [1.82, 2.24) is 15.5 Å². The predicted molar refractivity (Wildman–Crippen MR) is 80.4 cm³/mol. The van der Waals surface area contributed by atoms with E-state index < -0.39 is 0 Å². The number of carbonyl (C=O) groups excluding carboxylic acids is 1.